The summed E-state index contributed by atoms with van der Waals surface area (Å²) in [6.07, 6.45) is 4.07. The van der Waals surface area contributed by atoms with Gasteiger partial charge in [0, 0.05) is 6.54 Å². The van der Waals surface area contributed by atoms with Gasteiger partial charge >= 0.3 is 5.97 Å². The summed E-state index contributed by atoms with van der Waals surface area (Å²) in [6, 6.07) is 0. The van der Waals surface area contributed by atoms with E-state index in [2.05, 4.69) is 12.2 Å². The van der Waals surface area contributed by atoms with Crippen molar-refractivity contribution < 1.29 is 9.53 Å². The van der Waals surface area contributed by atoms with Crippen LogP contribution in [0.5, 0.6) is 0 Å². The lowest BCUT2D eigenvalue weighted by molar-refractivity contribution is -0.153. The van der Waals surface area contributed by atoms with Crippen LogP contribution in [0, 0.1) is 5.92 Å². The summed E-state index contributed by atoms with van der Waals surface area (Å²) < 4.78 is 5.37. The van der Waals surface area contributed by atoms with Crippen molar-refractivity contribution in [2.45, 2.75) is 59.5 Å². The number of rotatable bonds is 9. The zero-order valence-corrected chi connectivity index (χ0v) is 11.2. The first kappa shape index (κ1) is 15.4. The molecular weight excluding hydrogens is 202 g/mol. The average Bonchev–Trinajstić information content (AvgIpc) is 2.26. The van der Waals surface area contributed by atoms with Gasteiger partial charge in [0.05, 0.1) is 5.92 Å². The van der Waals surface area contributed by atoms with Crippen molar-refractivity contribution in [3.8, 4) is 0 Å². The van der Waals surface area contributed by atoms with E-state index < -0.39 is 0 Å². The van der Waals surface area contributed by atoms with Crippen LogP contribution in [-0.2, 0) is 9.53 Å². The largest absolute Gasteiger partial charge is 0.461 e. The molecule has 1 unspecified atom stereocenters. The van der Waals surface area contributed by atoms with Gasteiger partial charge in [-0.25, -0.2) is 0 Å². The van der Waals surface area contributed by atoms with Crippen LogP contribution in [0.4, 0.5) is 0 Å². The summed E-state index contributed by atoms with van der Waals surface area (Å²) in [4.78, 5) is 11.7. The van der Waals surface area contributed by atoms with Gasteiger partial charge in [-0.15, -0.1) is 0 Å². The predicted molar refractivity (Wildman–Crippen MR) is 67.4 cm³/mol. The SMILES string of the molecule is CCCCNCC(C)OC(=O)C(CC)CC. The van der Waals surface area contributed by atoms with Gasteiger partial charge in [0.25, 0.3) is 0 Å². The van der Waals surface area contributed by atoms with Crippen molar-refractivity contribution in [2.75, 3.05) is 13.1 Å². The lowest BCUT2D eigenvalue weighted by Gasteiger charge is -2.17. The average molecular weight is 229 g/mol. The lowest BCUT2D eigenvalue weighted by atomic mass is 10.0. The molecule has 0 rings (SSSR count). The van der Waals surface area contributed by atoms with Crippen molar-refractivity contribution in [3.05, 3.63) is 0 Å². The van der Waals surface area contributed by atoms with E-state index in [1.54, 1.807) is 0 Å². The predicted octanol–water partition coefficient (Wildman–Crippen LogP) is 2.74. The number of unbranched alkanes of at least 4 members (excludes halogenated alkanes) is 1. The third-order valence-corrected chi connectivity index (χ3v) is 2.78. The second-order valence-electron chi connectivity index (χ2n) is 4.32. The molecule has 0 aromatic rings. The number of ether oxygens (including phenoxy) is 1. The van der Waals surface area contributed by atoms with Crippen molar-refractivity contribution >= 4 is 5.97 Å². The Balaban J connectivity index is 3.68. The van der Waals surface area contributed by atoms with Gasteiger partial charge in [-0.05, 0) is 32.7 Å². The molecule has 3 nitrogen and oxygen atoms in total. The number of carbonyl (C=O) groups is 1. The molecule has 0 saturated carbocycles. The topological polar surface area (TPSA) is 38.3 Å². The third kappa shape index (κ3) is 6.83. The Hall–Kier alpha value is -0.570. The standard InChI is InChI=1S/C13H27NO2/c1-5-8-9-14-10-11(4)16-13(15)12(6-2)7-3/h11-12,14H,5-10H2,1-4H3. The van der Waals surface area contributed by atoms with E-state index in [1.807, 2.05) is 20.8 Å². The maximum atomic E-state index is 11.7. The Kier molecular flexibility index (Phi) is 9.30. The summed E-state index contributed by atoms with van der Waals surface area (Å²) in [7, 11) is 0. The number of nitrogens with one attached hydrogen (secondary N) is 1. The van der Waals surface area contributed by atoms with Gasteiger partial charge < -0.3 is 10.1 Å². The molecule has 16 heavy (non-hydrogen) atoms. The lowest BCUT2D eigenvalue weighted by Crippen LogP contribution is -2.31. The Labute approximate surface area is 99.9 Å². The zero-order valence-electron chi connectivity index (χ0n) is 11.2. The highest BCUT2D eigenvalue weighted by Gasteiger charge is 2.17. The van der Waals surface area contributed by atoms with Gasteiger partial charge in [-0.3, -0.25) is 4.79 Å². The monoisotopic (exact) mass is 229 g/mol. The van der Waals surface area contributed by atoms with E-state index in [9.17, 15) is 4.79 Å². The van der Waals surface area contributed by atoms with Crippen molar-refractivity contribution in [1.82, 2.24) is 5.32 Å². The van der Waals surface area contributed by atoms with Crippen LogP contribution in [0.15, 0.2) is 0 Å². The zero-order chi connectivity index (χ0) is 12.4. The number of hydrogen-bond donors (Lipinski definition) is 1. The highest BCUT2D eigenvalue weighted by Crippen LogP contribution is 2.10. The molecule has 0 amide bonds. The quantitative estimate of drug-likeness (QED) is 0.488. The first-order valence-corrected chi connectivity index (χ1v) is 6.56. The third-order valence-electron chi connectivity index (χ3n) is 2.78. The molecule has 1 N–H and O–H groups in total. The summed E-state index contributed by atoms with van der Waals surface area (Å²) in [5.41, 5.74) is 0. The van der Waals surface area contributed by atoms with Crippen LogP contribution in [-0.4, -0.2) is 25.2 Å². The highest BCUT2D eigenvalue weighted by atomic mass is 16.5. The smallest absolute Gasteiger partial charge is 0.309 e. The molecule has 0 aromatic heterocycles. The van der Waals surface area contributed by atoms with Crippen LogP contribution in [0.1, 0.15) is 53.4 Å². The molecule has 0 heterocycles. The van der Waals surface area contributed by atoms with Crippen LogP contribution in [0.2, 0.25) is 0 Å². The first-order valence-electron chi connectivity index (χ1n) is 6.56. The molecule has 0 aliphatic heterocycles. The molecule has 0 aliphatic carbocycles. The maximum absolute atomic E-state index is 11.7. The fourth-order valence-electron chi connectivity index (χ4n) is 1.57. The highest BCUT2D eigenvalue weighted by molar-refractivity contribution is 5.72. The van der Waals surface area contributed by atoms with E-state index in [4.69, 9.17) is 4.74 Å². The van der Waals surface area contributed by atoms with Gasteiger partial charge in [-0.1, -0.05) is 27.2 Å². The second-order valence-corrected chi connectivity index (χ2v) is 4.32. The molecule has 0 bridgehead atoms. The summed E-state index contributed by atoms with van der Waals surface area (Å²) in [5, 5.41) is 3.29. The minimum absolute atomic E-state index is 0.0232. The van der Waals surface area contributed by atoms with Gasteiger partial charge in [0.1, 0.15) is 6.10 Å². The maximum Gasteiger partial charge on any atom is 0.309 e. The van der Waals surface area contributed by atoms with E-state index in [0.717, 1.165) is 25.9 Å². The fourth-order valence-corrected chi connectivity index (χ4v) is 1.57. The molecule has 0 radical (unpaired) electrons. The first-order chi connectivity index (χ1) is 7.65. The molecular formula is C13H27NO2. The molecule has 1 atom stereocenters. The molecule has 0 aliphatic rings. The summed E-state index contributed by atoms with van der Waals surface area (Å²) in [6.45, 7) is 9.92. The Morgan fingerprint density at radius 3 is 2.38 bits per heavy atom. The Morgan fingerprint density at radius 2 is 1.88 bits per heavy atom. The molecule has 0 spiro atoms. The minimum atomic E-state index is -0.0465. The van der Waals surface area contributed by atoms with Crippen LogP contribution >= 0.6 is 0 Å². The summed E-state index contributed by atoms with van der Waals surface area (Å²) in [5.74, 6) is 0.0212. The van der Waals surface area contributed by atoms with Crippen molar-refractivity contribution in [3.63, 3.8) is 0 Å². The second kappa shape index (κ2) is 9.64. The molecule has 0 aromatic carbocycles. The number of esters is 1. The van der Waals surface area contributed by atoms with Crippen molar-refractivity contribution in [2.24, 2.45) is 5.92 Å². The minimum Gasteiger partial charge on any atom is -0.461 e. The normalized spacial score (nSPS) is 12.8. The molecule has 96 valence electrons. The Morgan fingerprint density at radius 1 is 1.25 bits per heavy atom. The summed E-state index contributed by atoms with van der Waals surface area (Å²) >= 11 is 0. The van der Waals surface area contributed by atoms with Crippen LogP contribution in [0.25, 0.3) is 0 Å². The van der Waals surface area contributed by atoms with E-state index in [-0.39, 0.29) is 18.0 Å². The Bertz CT molecular complexity index is 179. The van der Waals surface area contributed by atoms with Crippen molar-refractivity contribution in [1.29, 1.82) is 0 Å². The van der Waals surface area contributed by atoms with Crippen LogP contribution < -0.4 is 5.32 Å². The van der Waals surface area contributed by atoms with Crippen LogP contribution in [0.3, 0.4) is 0 Å². The molecule has 3 heteroatoms. The van der Waals surface area contributed by atoms with E-state index in [0.29, 0.717) is 0 Å². The number of hydrogen-bond acceptors (Lipinski definition) is 3. The molecule has 0 saturated heterocycles. The fraction of sp³-hybridized carbons (Fsp3) is 0.923. The van der Waals surface area contributed by atoms with Gasteiger partial charge in [0.15, 0.2) is 0 Å². The van der Waals surface area contributed by atoms with E-state index in [1.165, 1.54) is 12.8 Å². The van der Waals surface area contributed by atoms with Gasteiger partial charge in [0.2, 0.25) is 0 Å². The molecule has 0 fully saturated rings. The van der Waals surface area contributed by atoms with E-state index >= 15 is 0 Å². The van der Waals surface area contributed by atoms with Gasteiger partial charge in [-0.2, -0.15) is 0 Å². The number of carbonyl (C=O) groups excluding carboxylic acids is 1.